The smallest absolute Gasteiger partial charge is 0.245 e. The highest BCUT2D eigenvalue weighted by Crippen LogP contribution is 2.28. The number of fused-ring (bicyclic) bond motifs is 1. The molecule has 0 atom stereocenters. The summed E-state index contributed by atoms with van der Waals surface area (Å²) in [5, 5.41) is 3.13. The maximum atomic E-state index is 13.0. The number of aromatic nitrogens is 2. The molecule has 2 heterocycles. The Morgan fingerprint density at radius 3 is 2.58 bits per heavy atom. The predicted molar refractivity (Wildman–Crippen MR) is 99.3 cm³/mol. The lowest BCUT2D eigenvalue weighted by Gasteiger charge is -2.31. The summed E-state index contributed by atoms with van der Waals surface area (Å²) in [6.45, 7) is 0.720. The molecule has 1 amide bonds. The lowest BCUT2D eigenvalue weighted by atomic mass is 9.97. The van der Waals surface area contributed by atoms with Crippen LogP contribution in [0.1, 0.15) is 38.5 Å². The third-order valence-corrected chi connectivity index (χ3v) is 7.87. The van der Waals surface area contributed by atoms with Gasteiger partial charge in [-0.2, -0.15) is 13.1 Å². The number of hydrogen-bond acceptors (Lipinski definition) is 6. The monoisotopic (exact) mass is 394 g/mol. The molecule has 1 saturated heterocycles. The van der Waals surface area contributed by atoms with Crippen LogP contribution in [0.2, 0.25) is 0 Å². The molecule has 0 spiro atoms. The van der Waals surface area contributed by atoms with Crippen LogP contribution in [-0.4, -0.2) is 46.5 Å². The Kier molecular flexibility index (Phi) is 4.94. The summed E-state index contributed by atoms with van der Waals surface area (Å²) >= 11 is 1.01. The second-order valence-corrected chi connectivity index (χ2v) is 9.49. The van der Waals surface area contributed by atoms with Crippen LogP contribution in [0.5, 0.6) is 0 Å². The standard InChI is InChI=1S/C17H22N4O3S2/c22-17(18-13-4-1-2-5-13)12-8-10-21(11-9-12)26(23,24)15-7-3-6-14-16(15)20-25-19-14/h3,6-7,12-13H,1-2,4-5,8-11H2,(H,18,22). The molecule has 26 heavy (non-hydrogen) atoms. The Balaban J connectivity index is 1.44. The van der Waals surface area contributed by atoms with E-state index in [1.165, 1.54) is 17.1 Å². The van der Waals surface area contributed by atoms with Crippen LogP contribution in [0.4, 0.5) is 0 Å². The van der Waals surface area contributed by atoms with Crippen LogP contribution in [-0.2, 0) is 14.8 Å². The molecule has 7 nitrogen and oxygen atoms in total. The summed E-state index contributed by atoms with van der Waals surface area (Å²) < 4.78 is 35.8. The lowest BCUT2D eigenvalue weighted by Crippen LogP contribution is -2.44. The number of rotatable bonds is 4. The van der Waals surface area contributed by atoms with E-state index in [0.29, 0.717) is 43.0 Å². The molecular weight excluding hydrogens is 372 g/mol. The van der Waals surface area contributed by atoms with Gasteiger partial charge in [0, 0.05) is 25.0 Å². The van der Waals surface area contributed by atoms with E-state index >= 15 is 0 Å². The van der Waals surface area contributed by atoms with Crippen molar-refractivity contribution < 1.29 is 13.2 Å². The number of carbonyl (C=O) groups excluding carboxylic acids is 1. The van der Waals surface area contributed by atoms with E-state index in [2.05, 4.69) is 14.1 Å². The van der Waals surface area contributed by atoms with Crippen molar-refractivity contribution in [3.63, 3.8) is 0 Å². The zero-order valence-electron chi connectivity index (χ0n) is 14.4. The average Bonchev–Trinajstić information content (AvgIpc) is 3.32. The second-order valence-electron chi connectivity index (χ2n) is 7.06. The lowest BCUT2D eigenvalue weighted by molar-refractivity contribution is -0.126. The predicted octanol–water partition coefficient (Wildman–Crippen LogP) is 2.15. The topological polar surface area (TPSA) is 92.3 Å². The first-order valence-electron chi connectivity index (χ1n) is 9.07. The minimum Gasteiger partial charge on any atom is -0.353 e. The van der Waals surface area contributed by atoms with Crippen molar-refractivity contribution in [1.29, 1.82) is 0 Å². The first kappa shape index (κ1) is 17.8. The second kappa shape index (κ2) is 7.21. The highest BCUT2D eigenvalue weighted by molar-refractivity contribution is 7.89. The SMILES string of the molecule is O=C(NC1CCCC1)C1CCN(S(=O)(=O)c2cccc3nsnc23)CC1. The third-order valence-electron chi connectivity index (χ3n) is 5.39. The van der Waals surface area contributed by atoms with E-state index in [-0.39, 0.29) is 16.7 Å². The zero-order chi connectivity index (χ0) is 18.1. The van der Waals surface area contributed by atoms with Crippen molar-refractivity contribution >= 4 is 38.7 Å². The molecule has 1 aromatic carbocycles. The number of amides is 1. The third kappa shape index (κ3) is 3.35. The van der Waals surface area contributed by atoms with Crippen LogP contribution in [0.3, 0.4) is 0 Å². The molecular formula is C17H22N4O3S2. The van der Waals surface area contributed by atoms with E-state index in [4.69, 9.17) is 0 Å². The molecule has 1 aromatic heterocycles. The Hall–Kier alpha value is -1.58. The number of benzene rings is 1. The van der Waals surface area contributed by atoms with Gasteiger partial charge in [0.15, 0.2) is 0 Å². The molecule has 4 rings (SSSR count). The van der Waals surface area contributed by atoms with Crippen molar-refractivity contribution in [1.82, 2.24) is 18.4 Å². The number of hydrogen-bond donors (Lipinski definition) is 1. The maximum Gasteiger partial charge on any atom is 0.245 e. The van der Waals surface area contributed by atoms with E-state index in [1.54, 1.807) is 18.2 Å². The molecule has 1 N–H and O–H groups in total. The summed E-state index contributed by atoms with van der Waals surface area (Å²) in [5.74, 6) is -0.0152. The molecule has 1 saturated carbocycles. The van der Waals surface area contributed by atoms with Crippen molar-refractivity contribution in [2.24, 2.45) is 5.92 Å². The van der Waals surface area contributed by atoms with Gasteiger partial charge in [-0.3, -0.25) is 4.79 Å². The number of sulfonamides is 1. The first-order chi connectivity index (χ1) is 12.6. The molecule has 0 bridgehead atoms. The van der Waals surface area contributed by atoms with Gasteiger partial charge >= 0.3 is 0 Å². The normalized spacial score (nSPS) is 20.6. The Morgan fingerprint density at radius 2 is 1.85 bits per heavy atom. The average molecular weight is 395 g/mol. The van der Waals surface area contributed by atoms with Crippen molar-refractivity contribution in [2.45, 2.75) is 49.5 Å². The van der Waals surface area contributed by atoms with Gasteiger partial charge in [0.25, 0.3) is 0 Å². The summed E-state index contributed by atoms with van der Waals surface area (Å²) in [4.78, 5) is 12.6. The molecule has 9 heteroatoms. The van der Waals surface area contributed by atoms with Gasteiger partial charge in [0.1, 0.15) is 15.9 Å². The first-order valence-corrected chi connectivity index (χ1v) is 11.2. The fourth-order valence-corrected chi connectivity index (χ4v) is 6.10. The van der Waals surface area contributed by atoms with Crippen LogP contribution < -0.4 is 5.32 Å². The van der Waals surface area contributed by atoms with Gasteiger partial charge in [-0.05, 0) is 37.8 Å². The number of piperidine rings is 1. The molecule has 1 aliphatic heterocycles. The van der Waals surface area contributed by atoms with Gasteiger partial charge in [0.05, 0.1) is 11.7 Å². The van der Waals surface area contributed by atoms with Crippen molar-refractivity contribution in [2.75, 3.05) is 13.1 Å². The van der Waals surface area contributed by atoms with E-state index in [1.807, 2.05) is 0 Å². The van der Waals surface area contributed by atoms with E-state index < -0.39 is 10.0 Å². The van der Waals surface area contributed by atoms with Crippen molar-refractivity contribution in [3.8, 4) is 0 Å². The van der Waals surface area contributed by atoms with Gasteiger partial charge in [-0.25, -0.2) is 8.42 Å². The van der Waals surface area contributed by atoms with Gasteiger partial charge in [-0.15, -0.1) is 0 Å². The quantitative estimate of drug-likeness (QED) is 0.858. The summed E-state index contributed by atoms with van der Waals surface area (Å²) in [6.07, 6.45) is 5.60. The van der Waals surface area contributed by atoms with E-state index in [9.17, 15) is 13.2 Å². The molecule has 1 aliphatic carbocycles. The highest BCUT2D eigenvalue weighted by Gasteiger charge is 2.34. The minimum absolute atomic E-state index is 0.0831. The molecule has 0 unspecified atom stereocenters. The summed E-state index contributed by atoms with van der Waals surface area (Å²) in [5.41, 5.74) is 1.03. The van der Waals surface area contributed by atoms with Crippen LogP contribution >= 0.6 is 11.7 Å². The molecule has 2 aliphatic rings. The maximum absolute atomic E-state index is 13.0. The highest BCUT2D eigenvalue weighted by atomic mass is 32.2. The molecule has 0 radical (unpaired) electrons. The molecule has 140 valence electrons. The summed E-state index contributed by atoms with van der Waals surface area (Å²) in [6, 6.07) is 5.34. The zero-order valence-corrected chi connectivity index (χ0v) is 16.1. The van der Waals surface area contributed by atoms with Crippen LogP contribution in [0.15, 0.2) is 23.1 Å². The van der Waals surface area contributed by atoms with Crippen molar-refractivity contribution in [3.05, 3.63) is 18.2 Å². The fraction of sp³-hybridized carbons (Fsp3) is 0.588. The number of carbonyl (C=O) groups is 1. The van der Waals surface area contributed by atoms with Gasteiger partial charge in [-0.1, -0.05) is 18.9 Å². The Morgan fingerprint density at radius 1 is 1.12 bits per heavy atom. The van der Waals surface area contributed by atoms with Gasteiger partial charge < -0.3 is 5.32 Å². The van der Waals surface area contributed by atoms with Crippen LogP contribution in [0, 0.1) is 5.92 Å². The van der Waals surface area contributed by atoms with Crippen LogP contribution in [0.25, 0.3) is 11.0 Å². The largest absolute Gasteiger partial charge is 0.353 e. The van der Waals surface area contributed by atoms with E-state index in [0.717, 1.165) is 24.6 Å². The Labute approximate surface area is 157 Å². The molecule has 2 aromatic rings. The fourth-order valence-electron chi connectivity index (χ4n) is 3.88. The molecule has 2 fully saturated rings. The minimum atomic E-state index is -3.62. The number of nitrogens with one attached hydrogen (secondary N) is 1. The van der Waals surface area contributed by atoms with Gasteiger partial charge in [0.2, 0.25) is 15.9 Å². The Bertz CT molecular complexity index is 898. The summed E-state index contributed by atoms with van der Waals surface area (Å²) in [7, 11) is -3.62. The number of nitrogens with zero attached hydrogens (tertiary/aromatic N) is 3.